The van der Waals surface area contributed by atoms with Gasteiger partial charge in [0.15, 0.2) is 0 Å². The molecule has 1 aromatic rings. The number of hydrogen-bond donors (Lipinski definition) is 1. The summed E-state index contributed by atoms with van der Waals surface area (Å²) in [5.74, 6) is 0.347. The first-order chi connectivity index (χ1) is 8.28. The fourth-order valence-corrected chi connectivity index (χ4v) is 3.03. The van der Waals surface area contributed by atoms with Gasteiger partial charge in [-0.25, -0.2) is 12.7 Å². The third-order valence-corrected chi connectivity index (χ3v) is 5.03. The van der Waals surface area contributed by atoms with Crippen LogP contribution in [0.4, 0.5) is 5.69 Å². The zero-order valence-electron chi connectivity index (χ0n) is 11.5. The summed E-state index contributed by atoms with van der Waals surface area (Å²) in [7, 11) is -1.79. The summed E-state index contributed by atoms with van der Waals surface area (Å²) >= 11 is 0. The monoisotopic (exact) mass is 270 g/mol. The first-order valence-corrected chi connectivity index (χ1v) is 7.55. The molecule has 0 spiro atoms. The Labute approximate surface area is 110 Å². The Morgan fingerprint density at radius 1 is 1.39 bits per heavy atom. The minimum absolute atomic E-state index is 0.306. The molecule has 0 saturated heterocycles. The molecule has 0 fully saturated rings. The number of benzene rings is 1. The van der Waals surface area contributed by atoms with Crippen LogP contribution in [-0.4, -0.2) is 26.3 Å². The summed E-state index contributed by atoms with van der Waals surface area (Å²) in [6.07, 6.45) is 0.959. The molecular weight excluding hydrogens is 248 g/mol. The summed E-state index contributed by atoms with van der Waals surface area (Å²) in [4.78, 5) is 0.306. The number of hydrogen-bond acceptors (Lipinski definition) is 3. The molecule has 0 amide bonds. The Bertz CT molecular complexity index is 512. The van der Waals surface area contributed by atoms with Crippen LogP contribution < -0.4 is 5.73 Å². The second-order valence-electron chi connectivity index (χ2n) is 4.82. The average Bonchev–Trinajstić information content (AvgIpc) is 2.32. The van der Waals surface area contributed by atoms with Crippen molar-refractivity contribution in [2.45, 2.75) is 32.1 Å². The fraction of sp³-hybridized carbons (Fsp3) is 0.538. The average molecular weight is 270 g/mol. The molecule has 5 heteroatoms. The normalized spacial score (nSPS) is 13.8. The molecule has 0 saturated carbocycles. The van der Waals surface area contributed by atoms with Crippen LogP contribution >= 0.6 is 0 Å². The lowest BCUT2D eigenvalue weighted by molar-refractivity contribution is 0.393. The van der Waals surface area contributed by atoms with Gasteiger partial charge >= 0.3 is 0 Å². The lowest BCUT2D eigenvalue weighted by Gasteiger charge is -2.20. The minimum atomic E-state index is -3.41. The largest absolute Gasteiger partial charge is 0.399 e. The molecule has 0 aromatic heterocycles. The molecule has 0 heterocycles. The van der Waals surface area contributed by atoms with Crippen LogP contribution in [0.5, 0.6) is 0 Å². The molecule has 1 unspecified atom stereocenters. The Morgan fingerprint density at radius 2 is 2.00 bits per heavy atom. The third-order valence-electron chi connectivity index (χ3n) is 3.22. The van der Waals surface area contributed by atoms with E-state index >= 15 is 0 Å². The van der Waals surface area contributed by atoms with Crippen LogP contribution in [0.1, 0.15) is 25.8 Å². The lowest BCUT2D eigenvalue weighted by atomic mass is 10.1. The molecule has 2 N–H and O–H groups in total. The van der Waals surface area contributed by atoms with Crippen molar-refractivity contribution in [3.8, 4) is 0 Å². The van der Waals surface area contributed by atoms with Gasteiger partial charge in [0.1, 0.15) is 0 Å². The number of rotatable bonds is 5. The fourth-order valence-electron chi connectivity index (χ4n) is 1.65. The van der Waals surface area contributed by atoms with Crippen LogP contribution in [0, 0.1) is 12.8 Å². The van der Waals surface area contributed by atoms with Crippen molar-refractivity contribution in [1.82, 2.24) is 4.31 Å². The SMILES string of the molecule is CCC(C)CN(C)S(=O)(=O)c1ccc(N)c(C)c1. The molecule has 0 bridgehead atoms. The quantitative estimate of drug-likeness (QED) is 0.835. The summed E-state index contributed by atoms with van der Waals surface area (Å²) < 4.78 is 26.1. The van der Waals surface area contributed by atoms with Gasteiger partial charge in [-0.15, -0.1) is 0 Å². The Balaban J connectivity index is 3.02. The lowest BCUT2D eigenvalue weighted by Crippen LogP contribution is -2.31. The van der Waals surface area contributed by atoms with Crippen LogP contribution in [0.15, 0.2) is 23.1 Å². The molecule has 0 aliphatic carbocycles. The maximum Gasteiger partial charge on any atom is 0.242 e. The first kappa shape index (κ1) is 15.0. The Kier molecular flexibility index (Phi) is 4.76. The zero-order valence-corrected chi connectivity index (χ0v) is 12.3. The Morgan fingerprint density at radius 3 is 2.50 bits per heavy atom. The first-order valence-electron chi connectivity index (χ1n) is 6.11. The van der Waals surface area contributed by atoms with E-state index in [-0.39, 0.29) is 0 Å². The molecule has 1 atom stereocenters. The number of nitrogen functional groups attached to an aromatic ring is 1. The molecule has 1 rings (SSSR count). The topological polar surface area (TPSA) is 63.4 Å². The maximum absolute atomic E-state index is 12.3. The summed E-state index contributed by atoms with van der Waals surface area (Å²) in [5, 5.41) is 0. The number of aryl methyl sites for hydroxylation is 1. The van der Waals surface area contributed by atoms with Gasteiger partial charge in [0.05, 0.1) is 4.90 Å². The van der Waals surface area contributed by atoms with E-state index < -0.39 is 10.0 Å². The van der Waals surface area contributed by atoms with Crippen molar-refractivity contribution in [2.24, 2.45) is 5.92 Å². The number of nitrogens with zero attached hydrogens (tertiary/aromatic N) is 1. The van der Waals surface area contributed by atoms with Gasteiger partial charge < -0.3 is 5.73 Å². The predicted molar refractivity (Wildman–Crippen MR) is 74.9 cm³/mol. The maximum atomic E-state index is 12.3. The highest BCUT2D eigenvalue weighted by atomic mass is 32.2. The van der Waals surface area contributed by atoms with Crippen molar-refractivity contribution < 1.29 is 8.42 Å². The molecule has 4 nitrogen and oxygen atoms in total. The van der Waals surface area contributed by atoms with Crippen molar-refractivity contribution in [1.29, 1.82) is 0 Å². The highest BCUT2D eigenvalue weighted by Gasteiger charge is 2.22. The zero-order chi connectivity index (χ0) is 13.9. The summed E-state index contributed by atoms with van der Waals surface area (Å²) in [6, 6.07) is 4.82. The van der Waals surface area contributed by atoms with Gasteiger partial charge in [-0.05, 0) is 36.6 Å². The standard InChI is InChI=1S/C13H22N2O2S/c1-5-10(2)9-15(4)18(16,17)12-6-7-13(14)11(3)8-12/h6-8,10H,5,9,14H2,1-4H3. The van der Waals surface area contributed by atoms with Crippen molar-refractivity contribution in [3.05, 3.63) is 23.8 Å². The van der Waals surface area contributed by atoms with Gasteiger partial charge in [0.2, 0.25) is 10.0 Å². The smallest absolute Gasteiger partial charge is 0.242 e. The molecular formula is C13H22N2O2S. The van der Waals surface area contributed by atoms with Gasteiger partial charge in [-0.2, -0.15) is 0 Å². The van der Waals surface area contributed by atoms with E-state index in [9.17, 15) is 8.42 Å². The molecule has 0 aliphatic heterocycles. The number of sulfonamides is 1. The molecule has 18 heavy (non-hydrogen) atoms. The van der Waals surface area contributed by atoms with Crippen molar-refractivity contribution in [2.75, 3.05) is 19.3 Å². The van der Waals surface area contributed by atoms with Gasteiger partial charge in [0.25, 0.3) is 0 Å². The van der Waals surface area contributed by atoms with E-state index in [2.05, 4.69) is 6.92 Å². The Hall–Kier alpha value is -1.07. The predicted octanol–water partition coefficient (Wildman–Crippen LogP) is 2.24. The van der Waals surface area contributed by atoms with Crippen molar-refractivity contribution in [3.63, 3.8) is 0 Å². The highest BCUT2D eigenvalue weighted by Crippen LogP contribution is 2.20. The van der Waals surface area contributed by atoms with Crippen LogP contribution in [0.2, 0.25) is 0 Å². The van der Waals surface area contributed by atoms with Gasteiger partial charge in [0, 0.05) is 19.3 Å². The van der Waals surface area contributed by atoms with Crippen LogP contribution in [0.3, 0.4) is 0 Å². The summed E-state index contributed by atoms with van der Waals surface area (Å²) in [5.41, 5.74) is 7.10. The molecule has 0 aliphatic rings. The summed E-state index contributed by atoms with van der Waals surface area (Å²) in [6.45, 7) is 6.43. The van der Waals surface area contributed by atoms with E-state index in [1.807, 2.05) is 13.8 Å². The van der Waals surface area contributed by atoms with Crippen molar-refractivity contribution >= 4 is 15.7 Å². The second-order valence-corrected chi connectivity index (χ2v) is 6.86. The highest BCUT2D eigenvalue weighted by molar-refractivity contribution is 7.89. The minimum Gasteiger partial charge on any atom is -0.399 e. The van der Waals surface area contributed by atoms with Crippen LogP contribution in [-0.2, 0) is 10.0 Å². The van der Waals surface area contributed by atoms with E-state index in [1.165, 1.54) is 4.31 Å². The number of anilines is 1. The van der Waals surface area contributed by atoms with Gasteiger partial charge in [-0.3, -0.25) is 0 Å². The molecule has 0 radical (unpaired) electrons. The van der Waals surface area contributed by atoms with Crippen LogP contribution in [0.25, 0.3) is 0 Å². The van der Waals surface area contributed by atoms with E-state index in [0.717, 1.165) is 12.0 Å². The second kappa shape index (κ2) is 5.71. The van der Waals surface area contributed by atoms with E-state index in [4.69, 9.17) is 5.73 Å². The third kappa shape index (κ3) is 3.23. The van der Waals surface area contributed by atoms with E-state index in [1.54, 1.807) is 25.2 Å². The molecule has 1 aromatic carbocycles. The van der Waals surface area contributed by atoms with E-state index in [0.29, 0.717) is 23.0 Å². The van der Waals surface area contributed by atoms with Gasteiger partial charge in [-0.1, -0.05) is 20.3 Å². The number of nitrogens with two attached hydrogens (primary N) is 1. The molecule has 102 valence electrons.